The quantitative estimate of drug-likeness (QED) is 0.801. The fourth-order valence-electron chi connectivity index (χ4n) is 2.10. The van der Waals surface area contributed by atoms with Crippen molar-refractivity contribution in [3.8, 4) is 11.5 Å². The van der Waals surface area contributed by atoms with Crippen LogP contribution >= 0.6 is 12.2 Å². The van der Waals surface area contributed by atoms with Gasteiger partial charge < -0.3 is 20.1 Å². The zero-order chi connectivity index (χ0) is 16.4. The lowest BCUT2D eigenvalue weighted by Gasteiger charge is -2.15. The Bertz CT molecular complexity index is 750. The predicted molar refractivity (Wildman–Crippen MR) is 83.9 cm³/mol. The van der Waals surface area contributed by atoms with Gasteiger partial charge in [-0.15, -0.1) is 0 Å². The van der Waals surface area contributed by atoms with Crippen molar-refractivity contribution in [3.63, 3.8) is 0 Å². The molecule has 2 aromatic rings. The van der Waals surface area contributed by atoms with E-state index < -0.39 is 11.7 Å². The molecule has 3 rings (SSSR count). The van der Waals surface area contributed by atoms with E-state index in [1.165, 1.54) is 18.2 Å². The van der Waals surface area contributed by atoms with Crippen LogP contribution in [0, 0.1) is 0 Å². The lowest BCUT2D eigenvalue weighted by molar-refractivity contribution is -0.136. The summed E-state index contributed by atoms with van der Waals surface area (Å²) in [7, 11) is 0. The number of halogens is 3. The maximum absolute atomic E-state index is 12.9. The van der Waals surface area contributed by atoms with Crippen LogP contribution in [0.15, 0.2) is 42.5 Å². The molecule has 1 aliphatic rings. The summed E-state index contributed by atoms with van der Waals surface area (Å²) in [5.41, 5.74) is -0.315. The topological polar surface area (TPSA) is 42.5 Å². The van der Waals surface area contributed by atoms with Gasteiger partial charge in [0.05, 0.1) is 11.3 Å². The summed E-state index contributed by atoms with van der Waals surface area (Å²) in [6, 6.07) is 10.2. The minimum atomic E-state index is -4.46. The summed E-state index contributed by atoms with van der Waals surface area (Å²) in [6.45, 7) is 0.139. The third-order valence-electron chi connectivity index (χ3n) is 3.11. The molecule has 23 heavy (non-hydrogen) atoms. The average molecular weight is 340 g/mol. The van der Waals surface area contributed by atoms with E-state index in [-0.39, 0.29) is 17.6 Å². The SMILES string of the molecule is FC(F)(F)c1ccccc1NC(=S)Nc1ccc2c(c1)OCO2. The molecule has 1 heterocycles. The predicted octanol–water partition coefficient (Wildman–Crippen LogP) is 4.24. The average Bonchev–Trinajstić information content (AvgIpc) is 2.94. The van der Waals surface area contributed by atoms with E-state index >= 15 is 0 Å². The second kappa shape index (κ2) is 5.96. The molecule has 0 radical (unpaired) electrons. The first kappa shape index (κ1) is 15.4. The van der Waals surface area contributed by atoms with Gasteiger partial charge in [-0.05, 0) is 36.5 Å². The highest BCUT2D eigenvalue weighted by Crippen LogP contribution is 2.35. The van der Waals surface area contributed by atoms with Crippen molar-refractivity contribution in [1.29, 1.82) is 0 Å². The fraction of sp³-hybridized carbons (Fsp3) is 0.133. The highest BCUT2D eigenvalue weighted by atomic mass is 32.1. The molecule has 0 saturated heterocycles. The Hall–Kier alpha value is -2.48. The lowest BCUT2D eigenvalue weighted by atomic mass is 10.1. The Morgan fingerprint density at radius 1 is 1.00 bits per heavy atom. The van der Waals surface area contributed by atoms with Crippen LogP contribution in [0.4, 0.5) is 24.5 Å². The van der Waals surface area contributed by atoms with Crippen LogP contribution in [0.1, 0.15) is 5.56 Å². The molecule has 0 aromatic heterocycles. The molecule has 8 heteroatoms. The molecular weight excluding hydrogens is 329 g/mol. The largest absolute Gasteiger partial charge is 0.454 e. The molecule has 0 bridgehead atoms. The van der Waals surface area contributed by atoms with Gasteiger partial charge in [-0.3, -0.25) is 0 Å². The number of hydrogen-bond donors (Lipinski definition) is 2. The van der Waals surface area contributed by atoms with Crippen LogP contribution in [0.5, 0.6) is 11.5 Å². The second-order valence-electron chi connectivity index (χ2n) is 4.69. The van der Waals surface area contributed by atoms with Gasteiger partial charge in [0.2, 0.25) is 6.79 Å². The number of fused-ring (bicyclic) bond motifs is 1. The van der Waals surface area contributed by atoms with Crippen LogP contribution < -0.4 is 20.1 Å². The Balaban J connectivity index is 1.73. The van der Waals surface area contributed by atoms with Gasteiger partial charge in [0, 0.05) is 11.8 Å². The van der Waals surface area contributed by atoms with Crippen LogP contribution in [0.2, 0.25) is 0 Å². The van der Waals surface area contributed by atoms with E-state index in [4.69, 9.17) is 21.7 Å². The Kier molecular flexibility index (Phi) is 3.99. The zero-order valence-electron chi connectivity index (χ0n) is 11.6. The molecule has 0 unspecified atom stereocenters. The van der Waals surface area contributed by atoms with Crippen molar-refractivity contribution in [1.82, 2.24) is 0 Å². The van der Waals surface area contributed by atoms with Gasteiger partial charge >= 0.3 is 6.18 Å². The van der Waals surface area contributed by atoms with E-state index in [1.807, 2.05) is 0 Å². The van der Waals surface area contributed by atoms with E-state index in [0.29, 0.717) is 17.2 Å². The van der Waals surface area contributed by atoms with E-state index in [1.54, 1.807) is 18.2 Å². The smallest absolute Gasteiger partial charge is 0.418 e. The van der Waals surface area contributed by atoms with Crippen LogP contribution in [-0.4, -0.2) is 11.9 Å². The molecule has 0 atom stereocenters. The number of hydrogen-bond acceptors (Lipinski definition) is 3. The number of anilines is 2. The van der Waals surface area contributed by atoms with E-state index in [0.717, 1.165) is 6.07 Å². The molecule has 120 valence electrons. The monoisotopic (exact) mass is 340 g/mol. The van der Waals surface area contributed by atoms with Crippen LogP contribution in [-0.2, 0) is 6.18 Å². The van der Waals surface area contributed by atoms with Gasteiger partial charge in [0.25, 0.3) is 0 Å². The van der Waals surface area contributed by atoms with Gasteiger partial charge in [-0.2, -0.15) is 13.2 Å². The Labute approximate surface area is 135 Å². The van der Waals surface area contributed by atoms with E-state index in [9.17, 15) is 13.2 Å². The summed E-state index contributed by atoms with van der Waals surface area (Å²) >= 11 is 5.07. The van der Waals surface area contributed by atoms with Crippen molar-refractivity contribution in [2.75, 3.05) is 17.4 Å². The third-order valence-corrected chi connectivity index (χ3v) is 3.32. The number of para-hydroxylation sites is 1. The minimum absolute atomic E-state index is 0.0422. The van der Waals surface area contributed by atoms with Crippen molar-refractivity contribution in [2.45, 2.75) is 6.18 Å². The molecule has 4 nitrogen and oxygen atoms in total. The van der Waals surface area contributed by atoms with E-state index in [2.05, 4.69) is 10.6 Å². The normalized spacial score (nSPS) is 12.8. The molecule has 0 spiro atoms. The van der Waals surface area contributed by atoms with Crippen molar-refractivity contribution >= 4 is 28.7 Å². The summed E-state index contributed by atoms with van der Waals surface area (Å²) < 4.78 is 49.2. The maximum Gasteiger partial charge on any atom is 0.418 e. The van der Waals surface area contributed by atoms with Gasteiger partial charge in [-0.1, -0.05) is 12.1 Å². The first-order chi connectivity index (χ1) is 10.9. The molecule has 0 amide bonds. The summed E-state index contributed by atoms with van der Waals surface area (Å²) in [4.78, 5) is 0. The standard InChI is InChI=1S/C15H11F3N2O2S/c16-15(17,18)10-3-1-2-4-11(10)20-14(23)19-9-5-6-12-13(7-9)22-8-21-12/h1-7H,8H2,(H2,19,20,23). The molecule has 2 N–H and O–H groups in total. The summed E-state index contributed by atoms with van der Waals surface area (Å²) in [5.74, 6) is 1.16. The number of benzene rings is 2. The third kappa shape index (κ3) is 3.48. The molecule has 0 aliphatic carbocycles. The Morgan fingerprint density at radius 3 is 2.52 bits per heavy atom. The molecule has 0 saturated carbocycles. The Morgan fingerprint density at radius 2 is 1.74 bits per heavy atom. The number of ether oxygens (including phenoxy) is 2. The van der Waals surface area contributed by atoms with Crippen molar-refractivity contribution < 1.29 is 22.6 Å². The molecule has 0 fully saturated rings. The number of rotatable bonds is 2. The van der Waals surface area contributed by atoms with Gasteiger partial charge in [-0.25, -0.2) is 0 Å². The minimum Gasteiger partial charge on any atom is -0.454 e. The molecule has 2 aromatic carbocycles. The summed E-state index contributed by atoms with van der Waals surface area (Å²) in [6.07, 6.45) is -4.46. The first-order valence-corrected chi connectivity index (χ1v) is 6.98. The van der Waals surface area contributed by atoms with Gasteiger partial charge in [0.1, 0.15) is 0 Å². The van der Waals surface area contributed by atoms with Crippen LogP contribution in [0.25, 0.3) is 0 Å². The highest BCUT2D eigenvalue weighted by molar-refractivity contribution is 7.80. The van der Waals surface area contributed by atoms with Crippen LogP contribution in [0.3, 0.4) is 0 Å². The highest BCUT2D eigenvalue weighted by Gasteiger charge is 2.33. The second-order valence-corrected chi connectivity index (χ2v) is 5.10. The maximum atomic E-state index is 12.9. The van der Waals surface area contributed by atoms with Crippen molar-refractivity contribution in [3.05, 3.63) is 48.0 Å². The van der Waals surface area contributed by atoms with Crippen molar-refractivity contribution in [2.24, 2.45) is 0 Å². The lowest BCUT2D eigenvalue weighted by Crippen LogP contribution is -2.21. The summed E-state index contributed by atoms with van der Waals surface area (Å²) in [5, 5.41) is 5.42. The number of alkyl halides is 3. The fourth-order valence-corrected chi connectivity index (χ4v) is 2.33. The zero-order valence-corrected chi connectivity index (χ0v) is 12.4. The van der Waals surface area contributed by atoms with Gasteiger partial charge in [0.15, 0.2) is 16.6 Å². The number of thiocarbonyl (C=S) groups is 1. The first-order valence-electron chi connectivity index (χ1n) is 6.57. The molecular formula is C15H11F3N2O2S. The number of nitrogens with one attached hydrogen (secondary N) is 2. The molecule has 1 aliphatic heterocycles.